The molecule has 0 atom stereocenters. The van der Waals surface area contributed by atoms with Crippen molar-refractivity contribution in [2.24, 2.45) is 0 Å². The molecule has 15 heavy (non-hydrogen) atoms. The number of thiophene rings is 1. The molecule has 1 rings (SSSR count). The number of hydrogen-bond acceptors (Lipinski definition) is 4. The fourth-order valence-corrected chi connectivity index (χ4v) is 1.94. The third kappa shape index (κ3) is 6.62. The largest absolute Gasteiger partial charge is 0.383 e. The average Bonchev–Trinajstić information content (AvgIpc) is 2.75. The van der Waals surface area contributed by atoms with Crippen LogP contribution in [0.1, 0.15) is 11.3 Å². The van der Waals surface area contributed by atoms with Crippen LogP contribution in [0.15, 0.2) is 17.5 Å². The molecule has 0 aliphatic heterocycles. The molecule has 0 spiro atoms. The van der Waals surface area contributed by atoms with E-state index in [1.54, 1.807) is 18.4 Å². The van der Waals surface area contributed by atoms with Gasteiger partial charge in [-0.05, 0) is 31.0 Å². The summed E-state index contributed by atoms with van der Waals surface area (Å²) in [5.41, 5.74) is 0. The second-order valence-electron chi connectivity index (χ2n) is 3.35. The summed E-state index contributed by atoms with van der Waals surface area (Å²) in [4.78, 5) is 1.40. The van der Waals surface area contributed by atoms with Gasteiger partial charge in [0.1, 0.15) is 0 Å². The second kappa shape index (κ2) is 8.85. The second-order valence-corrected chi connectivity index (χ2v) is 4.38. The summed E-state index contributed by atoms with van der Waals surface area (Å²) in [7, 11) is 1.73. The maximum atomic E-state index is 4.94. The Bertz CT molecular complexity index is 227. The van der Waals surface area contributed by atoms with Gasteiger partial charge >= 0.3 is 0 Å². The van der Waals surface area contributed by atoms with Crippen molar-refractivity contribution in [2.75, 3.05) is 33.4 Å². The van der Waals surface area contributed by atoms with Crippen LogP contribution in [0.2, 0.25) is 0 Å². The van der Waals surface area contributed by atoms with Crippen molar-refractivity contribution in [2.45, 2.75) is 13.0 Å². The van der Waals surface area contributed by atoms with Crippen LogP contribution >= 0.6 is 11.3 Å². The Morgan fingerprint density at radius 2 is 2.13 bits per heavy atom. The van der Waals surface area contributed by atoms with E-state index in [4.69, 9.17) is 4.74 Å². The lowest BCUT2D eigenvalue weighted by atomic mass is 10.4. The molecule has 4 heteroatoms. The number of methoxy groups -OCH3 is 1. The minimum absolute atomic E-state index is 0.794. The first-order valence-electron chi connectivity index (χ1n) is 5.36. The zero-order valence-corrected chi connectivity index (χ0v) is 10.1. The van der Waals surface area contributed by atoms with Gasteiger partial charge in [0.2, 0.25) is 0 Å². The summed E-state index contributed by atoms with van der Waals surface area (Å²) < 4.78 is 4.94. The van der Waals surface area contributed by atoms with Gasteiger partial charge in [0.15, 0.2) is 0 Å². The lowest BCUT2D eigenvalue weighted by molar-refractivity contribution is 0.199. The Morgan fingerprint density at radius 3 is 2.87 bits per heavy atom. The van der Waals surface area contributed by atoms with Crippen molar-refractivity contribution in [3.05, 3.63) is 22.4 Å². The zero-order valence-electron chi connectivity index (χ0n) is 9.29. The Labute approximate surface area is 95.8 Å². The van der Waals surface area contributed by atoms with Crippen molar-refractivity contribution in [3.63, 3.8) is 0 Å². The van der Waals surface area contributed by atoms with Crippen LogP contribution in [0, 0.1) is 0 Å². The lowest BCUT2D eigenvalue weighted by Gasteiger charge is -2.04. The molecule has 1 aromatic rings. The zero-order chi connectivity index (χ0) is 10.8. The van der Waals surface area contributed by atoms with E-state index in [0.29, 0.717) is 0 Å². The highest BCUT2D eigenvalue weighted by Gasteiger charge is 1.92. The van der Waals surface area contributed by atoms with Crippen LogP contribution < -0.4 is 10.6 Å². The van der Waals surface area contributed by atoms with Gasteiger partial charge < -0.3 is 15.4 Å². The van der Waals surface area contributed by atoms with Crippen molar-refractivity contribution < 1.29 is 4.74 Å². The molecule has 0 saturated heterocycles. The first-order chi connectivity index (χ1) is 7.43. The van der Waals surface area contributed by atoms with Crippen molar-refractivity contribution in [3.8, 4) is 0 Å². The van der Waals surface area contributed by atoms with Crippen molar-refractivity contribution in [1.82, 2.24) is 10.6 Å². The number of ether oxygens (including phenoxy) is 1. The normalized spacial score (nSPS) is 10.7. The van der Waals surface area contributed by atoms with E-state index < -0.39 is 0 Å². The van der Waals surface area contributed by atoms with Crippen LogP contribution in [0.5, 0.6) is 0 Å². The average molecular weight is 228 g/mol. The van der Waals surface area contributed by atoms with Gasteiger partial charge in [-0.1, -0.05) is 6.07 Å². The Morgan fingerprint density at radius 1 is 1.27 bits per heavy atom. The predicted molar refractivity (Wildman–Crippen MR) is 65.4 cm³/mol. The topological polar surface area (TPSA) is 33.3 Å². The Hall–Kier alpha value is -0.420. The van der Waals surface area contributed by atoms with Gasteiger partial charge in [0.05, 0.1) is 6.61 Å². The van der Waals surface area contributed by atoms with E-state index in [9.17, 15) is 0 Å². The van der Waals surface area contributed by atoms with Crippen molar-refractivity contribution >= 4 is 11.3 Å². The molecule has 0 amide bonds. The molecular weight excluding hydrogens is 208 g/mol. The Kier molecular flexibility index (Phi) is 7.47. The van der Waals surface area contributed by atoms with Crippen LogP contribution in [-0.2, 0) is 11.3 Å². The van der Waals surface area contributed by atoms with Gasteiger partial charge in [-0.3, -0.25) is 0 Å². The molecule has 0 aliphatic rings. The van der Waals surface area contributed by atoms with E-state index in [1.807, 2.05) is 0 Å². The summed E-state index contributed by atoms with van der Waals surface area (Å²) in [5.74, 6) is 0. The van der Waals surface area contributed by atoms with Gasteiger partial charge in [0, 0.05) is 25.1 Å². The first-order valence-corrected chi connectivity index (χ1v) is 6.24. The minimum Gasteiger partial charge on any atom is -0.383 e. The molecule has 1 heterocycles. The highest BCUT2D eigenvalue weighted by atomic mass is 32.1. The van der Waals surface area contributed by atoms with Crippen LogP contribution in [0.3, 0.4) is 0 Å². The number of hydrogen-bond donors (Lipinski definition) is 2. The van der Waals surface area contributed by atoms with E-state index in [-0.39, 0.29) is 0 Å². The van der Waals surface area contributed by atoms with E-state index in [1.165, 1.54) is 4.88 Å². The standard InChI is InChI=1S/C11H20N2OS/c1-14-8-7-12-5-3-6-13-10-11-4-2-9-15-11/h2,4,9,12-13H,3,5-8,10H2,1H3. The van der Waals surface area contributed by atoms with Crippen molar-refractivity contribution in [1.29, 1.82) is 0 Å². The Balaban J connectivity index is 1.81. The first kappa shape index (κ1) is 12.6. The quantitative estimate of drug-likeness (QED) is 0.628. The maximum absolute atomic E-state index is 4.94. The number of rotatable bonds is 9. The predicted octanol–water partition coefficient (Wildman–Crippen LogP) is 1.46. The third-order valence-corrected chi connectivity index (χ3v) is 2.95. The van der Waals surface area contributed by atoms with Gasteiger partial charge in [-0.2, -0.15) is 0 Å². The third-order valence-electron chi connectivity index (χ3n) is 2.07. The summed E-state index contributed by atoms with van der Waals surface area (Å²) in [6, 6.07) is 4.25. The van der Waals surface area contributed by atoms with E-state index >= 15 is 0 Å². The molecule has 0 aromatic carbocycles. The van der Waals surface area contributed by atoms with Crippen LogP contribution in [0.4, 0.5) is 0 Å². The lowest BCUT2D eigenvalue weighted by Crippen LogP contribution is -2.24. The smallest absolute Gasteiger partial charge is 0.0587 e. The molecule has 0 unspecified atom stereocenters. The molecule has 0 radical (unpaired) electrons. The summed E-state index contributed by atoms with van der Waals surface area (Å²) in [6.07, 6.45) is 1.16. The SMILES string of the molecule is COCCNCCCNCc1cccs1. The molecule has 0 aliphatic carbocycles. The maximum Gasteiger partial charge on any atom is 0.0587 e. The summed E-state index contributed by atoms with van der Waals surface area (Å²) in [6.45, 7) is 4.86. The molecule has 0 fully saturated rings. The summed E-state index contributed by atoms with van der Waals surface area (Å²) in [5, 5.41) is 8.85. The molecule has 2 N–H and O–H groups in total. The number of nitrogens with one attached hydrogen (secondary N) is 2. The molecule has 86 valence electrons. The summed E-state index contributed by atoms with van der Waals surface area (Å²) >= 11 is 1.80. The molecule has 0 saturated carbocycles. The molecule has 0 bridgehead atoms. The van der Waals surface area contributed by atoms with E-state index in [0.717, 1.165) is 39.2 Å². The fourth-order valence-electron chi connectivity index (χ4n) is 1.26. The van der Waals surface area contributed by atoms with Gasteiger partial charge in [0.25, 0.3) is 0 Å². The highest BCUT2D eigenvalue weighted by molar-refractivity contribution is 7.09. The fraction of sp³-hybridized carbons (Fsp3) is 0.636. The van der Waals surface area contributed by atoms with Crippen LogP contribution in [-0.4, -0.2) is 33.4 Å². The van der Waals surface area contributed by atoms with E-state index in [2.05, 4.69) is 28.1 Å². The van der Waals surface area contributed by atoms with Crippen LogP contribution in [0.25, 0.3) is 0 Å². The molecule has 1 aromatic heterocycles. The van der Waals surface area contributed by atoms with Gasteiger partial charge in [-0.25, -0.2) is 0 Å². The van der Waals surface area contributed by atoms with Gasteiger partial charge in [-0.15, -0.1) is 11.3 Å². The molecular formula is C11H20N2OS. The molecule has 3 nitrogen and oxygen atoms in total. The monoisotopic (exact) mass is 228 g/mol. The highest BCUT2D eigenvalue weighted by Crippen LogP contribution is 2.06. The minimum atomic E-state index is 0.794.